The van der Waals surface area contributed by atoms with Gasteiger partial charge in [0.15, 0.2) is 0 Å². The summed E-state index contributed by atoms with van der Waals surface area (Å²) in [6, 6.07) is 7.81. The highest BCUT2D eigenvalue weighted by atomic mass is 32.2. The Morgan fingerprint density at radius 3 is 2.16 bits per heavy atom. The fourth-order valence-corrected chi connectivity index (χ4v) is 5.96. The van der Waals surface area contributed by atoms with Crippen LogP contribution in [-0.2, 0) is 32.2 Å². The second-order valence-corrected chi connectivity index (χ2v) is 10.8. The number of amides is 2. The predicted octanol–water partition coefficient (Wildman–Crippen LogP) is 2.74. The fourth-order valence-electron chi connectivity index (χ4n) is 4.28. The van der Waals surface area contributed by atoms with Gasteiger partial charge in [-0.05, 0) is 42.7 Å². The Morgan fingerprint density at radius 1 is 1.05 bits per heavy atom. The largest absolute Gasteiger partial charge is 0.497 e. The first-order valence-electron chi connectivity index (χ1n) is 11.8. The number of nitrogens with zero attached hydrogens (tertiary/aromatic N) is 1. The molecule has 0 bridgehead atoms. The summed E-state index contributed by atoms with van der Waals surface area (Å²) in [7, 11) is -1.41. The Morgan fingerprint density at radius 2 is 1.63 bits per heavy atom. The van der Waals surface area contributed by atoms with E-state index in [-0.39, 0.29) is 32.4 Å². The molecule has 9 nitrogen and oxygen atoms in total. The molecule has 38 heavy (non-hydrogen) atoms. The number of carbonyl (C=O) groups is 2. The average molecular weight is 558 g/mol. The molecule has 1 aliphatic heterocycles. The number of methoxy groups -OCH3 is 2. The molecule has 0 radical (unpaired) electrons. The molecule has 0 saturated carbocycles. The summed E-state index contributed by atoms with van der Waals surface area (Å²) in [6.45, 7) is 1.14. The Hall–Kier alpha value is -3.32. The molecule has 2 aromatic carbocycles. The van der Waals surface area contributed by atoms with Gasteiger partial charge in [-0.25, -0.2) is 8.42 Å². The minimum atomic E-state index is -4.82. The fraction of sp³-hybridized carbons (Fsp3) is 0.440. The number of ether oxygens (including phenoxy) is 2. The first kappa shape index (κ1) is 29.2. The highest BCUT2D eigenvalue weighted by Crippen LogP contribution is 2.35. The van der Waals surface area contributed by atoms with Crippen LogP contribution in [0.25, 0.3) is 0 Å². The van der Waals surface area contributed by atoms with Crippen LogP contribution in [0.4, 0.5) is 13.2 Å². The van der Waals surface area contributed by atoms with Crippen molar-refractivity contribution in [2.24, 2.45) is 0 Å². The molecule has 1 saturated heterocycles. The standard InChI is InChI=1S/C25H30F3N3O6S/c1-16(32)29-22(14-17-12-19(36-2)15-20(13-17)37-3)24(33)30-18-8-10-31(11-9-18)38(34,35)23-7-5-4-6-21(23)25(26,27)28/h4-7,12-13,15,18,22H,8-11,14H2,1-3H3,(H,29,32)(H,30,33). The Kier molecular flexibility index (Phi) is 9.26. The maximum atomic E-state index is 13.4. The Labute approximate surface area is 219 Å². The summed E-state index contributed by atoms with van der Waals surface area (Å²) in [5.41, 5.74) is -0.540. The van der Waals surface area contributed by atoms with Crippen molar-refractivity contribution >= 4 is 21.8 Å². The number of nitrogens with one attached hydrogen (secondary N) is 2. The van der Waals surface area contributed by atoms with Crippen LogP contribution in [0, 0.1) is 0 Å². The second kappa shape index (κ2) is 12.0. The zero-order valence-corrected chi connectivity index (χ0v) is 22.0. The lowest BCUT2D eigenvalue weighted by Gasteiger charge is -2.33. The van der Waals surface area contributed by atoms with Gasteiger partial charge in [-0.15, -0.1) is 0 Å². The van der Waals surface area contributed by atoms with Crippen LogP contribution in [0.2, 0.25) is 0 Å². The molecule has 2 amide bonds. The zero-order chi connectivity index (χ0) is 28.1. The number of alkyl halides is 3. The first-order valence-corrected chi connectivity index (χ1v) is 13.2. The number of benzene rings is 2. The van der Waals surface area contributed by atoms with Gasteiger partial charge in [0.25, 0.3) is 0 Å². The normalized spacial score (nSPS) is 15.9. The van der Waals surface area contributed by atoms with Gasteiger partial charge in [-0.2, -0.15) is 17.5 Å². The number of hydrogen-bond acceptors (Lipinski definition) is 6. The van der Waals surface area contributed by atoms with Crippen molar-refractivity contribution in [1.29, 1.82) is 0 Å². The molecule has 1 heterocycles. The van der Waals surface area contributed by atoms with Gasteiger partial charge in [-0.1, -0.05) is 12.1 Å². The molecule has 3 rings (SSSR count). The van der Waals surface area contributed by atoms with E-state index in [1.165, 1.54) is 27.2 Å². The number of halogens is 3. The molecular weight excluding hydrogens is 527 g/mol. The van der Waals surface area contributed by atoms with Crippen molar-refractivity contribution in [1.82, 2.24) is 14.9 Å². The topological polar surface area (TPSA) is 114 Å². The molecule has 208 valence electrons. The van der Waals surface area contributed by atoms with E-state index in [0.29, 0.717) is 17.1 Å². The lowest BCUT2D eigenvalue weighted by atomic mass is 10.0. The summed E-state index contributed by atoms with van der Waals surface area (Å²) < 4.78 is 77.6. The van der Waals surface area contributed by atoms with Gasteiger partial charge in [-0.3, -0.25) is 9.59 Å². The van der Waals surface area contributed by atoms with E-state index in [1.54, 1.807) is 18.2 Å². The highest BCUT2D eigenvalue weighted by molar-refractivity contribution is 7.89. The molecule has 13 heteroatoms. The SMILES string of the molecule is COc1cc(CC(NC(C)=O)C(=O)NC2CCN(S(=O)(=O)c3ccccc3C(F)(F)F)CC2)cc(OC)c1. The molecule has 1 aliphatic rings. The van der Waals surface area contributed by atoms with E-state index in [9.17, 15) is 31.2 Å². The smallest absolute Gasteiger partial charge is 0.417 e. The van der Waals surface area contributed by atoms with E-state index in [4.69, 9.17) is 9.47 Å². The van der Waals surface area contributed by atoms with Crippen LogP contribution >= 0.6 is 0 Å². The van der Waals surface area contributed by atoms with Crippen LogP contribution in [0.1, 0.15) is 30.9 Å². The third kappa shape index (κ3) is 7.16. The van der Waals surface area contributed by atoms with Gasteiger partial charge in [0.2, 0.25) is 21.8 Å². The number of piperidine rings is 1. The molecule has 1 fully saturated rings. The molecule has 2 aromatic rings. The minimum Gasteiger partial charge on any atom is -0.497 e. The summed E-state index contributed by atoms with van der Waals surface area (Å²) >= 11 is 0. The second-order valence-electron chi connectivity index (χ2n) is 8.86. The monoisotopic (exact) mass is 557 g/mol. The van der Waals surface area contributed by atoms with Crippen molar-refractivity contribution in [3.8, 4) is 11.5 Å². The van der Waals surface area contributed by atoms with Gasteiger partial charge < -0.3 is 20.1 Å². The lowest BCUT2D eigenvalue weighted by Crippen LogP contribution is -2.53. The van der Waals surface area contributed by atoms with Gasteiger partial charge in [0.05, 0.1) is 24.7 Å². The third-order valence-electron chi connectivity index (χ3n) is 6.16. The Balaban J connectivity index is 1.68. The van der Waals surface area contributed by atoms with Crippen molar-refractivity contribution in [2.75, 3.05) is 27.3 Å². The maximum Gasteiger partial charge on any atom is 0.417 e. The van der Waals surface area contributed by atoms with Crippen molar-refractivity contribution in [3.63, 3.8) is 0 Å². The number of carbonyl (C=O) groups excluding carboxylic acids is 2. The van der Waals surface area contributed by atoms with Gasteiger partial charge >= 0.3 is 6.18 Å². The van der Waals surface area contributed by atoms with E-state index in [0.717, 1.165) is 22.5 Å². The number of rotatable bonds is 9. The molecule has 2 N–H and O–H groups in total. The van der Waals surface area contributed by atoms with Crippen molar-refractivity contribution < 1.29 is 40.7 Å². The van der Waals surface area contributed by atoms with Crippen LogP contribution in [0.5, 0.6) is 11.5 Å². The zero-order valence-electron chi connectivity index (χ0n) is 21.2. The van der Waals surface area contributed by atoms with Crippen LogP contribution in [0.3, 0.4) is 0 Å². The average Bonchev–Trinajstić information content (AvgIpc) is 2.87. The number of hydrogen-bond donors (Lipinski definition) is 2. The van der Waals surface area contributed by atoms with E-state index in [1.807, 2.05) is 0 Å². The highest BCUT2D eigenvalue weighted by Gasteiger charge is 2.40. The predicted molar refractivity (Wildman–Crippen MR) is 132 cm³/mol. The van der Waals surface area contributed by atoms with Crippen molar-refractivity contribution in [3.05, 3.63) is 53.6 Å². The quantitative estimate of drug-likeness (QED) is 0.490. The first-order chi connectivity index (χ1) is 17.8. The summed E-state index contributed by atoms with van der Waals surface area (Å²) in [4.78, 5) is 24.1. The molecule has 0 spiro atoms. The van der Waals surface area contributed by atoms with Crippen molar-refractivity contribution in [2.45, 2.75) is 49.3 Å². The van der Waals surface area contributed by atoms with E-state index < -0.39 is 50.6 Å². The number of sulfonamides is 1. The summed E-state index contributed by atoms with van der Waals surface area (Å²) in [5, 5.41) is 5.45. The summed E-state index contributed by atoms with van der Waals surface area (Å²) in [6.07, 6.45) is -4.29. The maximum absolute atomic E-state index is 13.4. The Bertz CT molecular complexity index is 1240. The lowest BCUT2D eigenvalue weighted by molar-refractivity contribution is -0.140. The molecule has 0 aromatic heterocycles. The van der Waals surface area contributed by atoms with Gasteiger partial charge in [0.1, 0.15) is 17.5 Å². The van der Waals surface area contributed by atoms with Crippen LogP contribution in [-0.4, -0.2) is 63.9 Å². The van der Waals surface area contributed by atoms with Crippen LogP contribution in [0.15, 0.2) is 47.4 Å². The van der Waals surface area contributed by atoms with Crippen LogP contribution < -0.4 is 20.1 Å². The molecule has 1 unspecified atom stereocenters. The minimum absolute atomic E-state index is 0.0721. The van der Waals surface area contributed by atoms with Gasteiger partial charge in [0, 0.05) is 38.5 Å². The third-order valence-corrected chi connectivity index (χ3v) is 8.11. The molecule has 0 aliphatic carbocycles. The van der Waals surface area contributed by atoms with E-state index in [2.05, 4.69) is 10.6 Å². The summed E-state index contributed by atoms with van der Waals surface area (Å²) in [5.74, 6) is 0.152. The molecule has 1 atom stereocenters. The van der Waals surface area contributed by atoms with E-state index >= 15 is 0 Å². The molecular formula is C25H30F3N3O6S.